The number of benzene rings is 1. The van der Waals surface area contributed by atoms with Gasteiger partial charge in [-0.3, -0.25) is 9.89 Å². The van der Waals surface area contributed by atoms with Crippen molar-refractivity contribution in [2.45, 2.75) is 26.2 Å². The molecule has 1 aromatic rings. The maximum atomic E-state index is 4.44. The predicted molar refractivity (Wildman–Crippen MR) is 102 cm³/mol. The third-order valence-electron chi connectivity index (χ3n) is 4.83. The van der Waals surface area contributed by atoms with Crippen LogP contribution in [0.15, 0.2) is 29.3 Å². The van der Waals surface area contributed by atoms with Gasteiger partial charge in [0.15, 0.2) is 5.96 Å². The number of piperazine rings is 1. The minimum absolute atomic E-state index is 0.959. The summed E-state index contributed by atoms with van der Waals surface area (Å²) in [4.78, 5) is 9.55. The van der Waals surface area contributed by atoms with Gasteiger partial charge >= 0.3 is 0 Å². The Labute approximate surface area is 146 Å². The molecule has 0 aromatic heterocycles. The van der Waals surface area contributed by atoms with Crippen molar-refractivity contribution in [3.05, 3.63) is 29.8 Å². The molecule has 2 N–H and O–H groups in total. The lowest BCUT2D eigenvalue weighted by atomic mass is 10.2. The van der Waals surface area contributed by atoms with Gasteiger partial charge in [0.05, 0.1) is 0 Å². The summed E-state index contributed by atoms with van der Waals surface area (Å²) in [5.74, 6) is 0.994. The number of aryl methyl sites for hydroxylation is 1. The number of hydrogen-bond acceptors (Lipinski definition) is 5. The summed E-state index contributed by atoms with van der Waals surface area (Å²) in [7, 11) is 0. The van der Waals surface area contributed by atoms with E-state index in [9.17, 15) is 0 Å². The summed E-state index contributed by atoms with van der Waals surface area (Å²) in [5.41, 5.74) is 2.72. The third-order valence-corrected chi connectivity index (χ3v) is 4.83. The van der Waals surface area contributed by atoms with Crippen molar-refractivity contribution in [2.24, 2.45) is 4.99 Å². The lowest BCUT2D eigenvalue weighted by Crippen LogP contribution is -2.46. The first-order valence-corrected chi connectivity index (χ1v) is 9.37. The highest BCUT2D eigenvalue weighted by atomic mass is 15.3. The first-order chi connectivity index (χ1) is 11.8. The molecule has 1 saturated heterocycles. The third kappa shape index (κ3) is 5.13. The van der Waals surface area contributed by atoms with E-state index in [0.29, 0.717) is 0 Å². The Hall–Kier alpha value is -1.75. The summed E-state index contributed by atoms with van der Waals surface area (Å²) in [6.45, 7) is 11.0. The standard InChI is InChI=1S/C19H31N5/c1-17-6-4-7-18(16-17)24-14-12-23(13-15-24)11-3-2-8-20-19-21-9-5-10-22-19/h4,6-7,16H,2-3,5,8-15H2,1H3,(H2,20,21,22). The Kier molecular flexibility index (Phi) is 6.35. The van der Waals surface area contributed by atoms with E-state index < -0.39 is 0 Å². The van der Waals surface area contributed by atoms with Crippen LogP contribution in [-0.4, -0.2) is 63.2 Å². The van der Waals surface area contributed by atoms with Crippen molar-refractivity contribution >= 4 is 11.6 Å². The quantitative estimate of drug-likeness (QED) is 0.782. The number of anilines is 1. The molecule has 24 heavy (non-hydrogen) atoms. The van der Waals surface area contributed by atoms with Gasteiger partial charge in [-0.2, -0.15) is 0 Å². The molecule has 0 atom stereocenters. The van der Waals surface area contributed by atoms with Crippen LogP contribution in [0.1, 0.15) is 24.8 Å². The smallest absolute Gasteiger partial charge is 0.191 e. The number of nitrogens with one attached hydrogen (secondary N) is 2. The summed E-state index contributed by atoms with van der Waals surface area (Å²) < 4.78 is 0. The maximum absolute atomic E-state index is 4.44. The molecule has 0 amide bonds. The molecule has 1 aromatic carbocycles. The molecule has 2 heterocycles. The van der Waals surface area contributed by atoms with Crippen LogP contribution in [0.25, 0.3) is 0 Å². The molecular weight excluding hydrogens is 298 g/mol. The van der Waals surface area contributed by atoms with Crippen LogP contribution in [0.3, 0.4) is 0 Å². The Balaban J connectivity index is 1.29. The number of rotatable bonds is 6. The van der Waals surface area contributed by atoms with Crippen molar-refractivity contribution in [3.63, 3.8) is 0 Å². The summed E-state index contributed by atoms with van der Waals surface area (Å²) in [6.07, 6.45) is 3.61. The zero-order valence-electron chi connectivity index (χ0n) is 14.9. The molecule has 0 bridgehead atoms. The molecule has 2 aliphatic heterocycles. The predicted octanol–water partition coefficient (Wildman–Crippen LogP) is 1.84. The number of guanidine groups is 1. The van der Waals surface area contributed by atoms with E-state index in [1.165, 1.54) is 43.7 Å². The Bertz CT molecular complexity index is 534. The van der Waals surface area contributed by atoms with Crippen LogP contribution in [0.4, 0.5) is 5.69 Å². The highest BCUT2D eigenvalue weighted by Gasteiger charge is 2.16. The van der Waals surface area contributed by atoms with Gasteiger partial charge in [-0.1, -0.05) is 12.1 Å². The van der Waals surface area contributed by atoms with Crippen LogP contribution < -0.4 is 15.5 Å². The van der Waals surface area contributed by atoms with Gasteiger partial charge in [0.25, 0.3) is 0 Å². The molecule has 0 radical (unpaired) electrons. The van der Waals surface area contributed by atoms with Gasteiger partial charge in [-0.05, 0) is 50.4 Å². The second kappa shape index (κ2) is 8.92. The van der Waals surface area contributed by atoms with Gasteiger partial charge in [-0.25, -0.2) is 0 Å². The fourth-order valence-corrected chi connectivity index (χ4v) is 3.37. The van der Waals surface area contributed by atoms with Crippen LogP contribution in [0.2, 0.25) is 0 Å². The number of unbranched alkanes of at least 4 members (excludes halogenated alkanes) is 1. The first-order valence-electron chi connectivity index (χ1n) is 9.37. The van der Waals surface area contributed by atoms with E-state index in [-0.39, 0.29) is 0 Å². The van der Waals surface area contributed by atoms with Crippen molar-refractivity contribution < 1.29 is 0 Å². The van der Waals surface area contributed by atoms with Crippen molar-refractivity contribution in [3.8, 4) is 0 Å². The molecular formula is C19H31N5. The molecule has 0 unspecified atom stereocenters. The highest BCUT2D eigenvalue weighted by molar-refractivity contribution is 5.80. The normalized spacial score (nSPS) is 18.9. The molecule has 3 rings (SSSR count). The monoisotopic (exact) mass is 329 g/mol. The van der Waals surface area contributed by atoms with Crippen molar-refractivity contribution in [1.29, 1.82) is 0 Å². The minimum atomic E-state index is 0.959. The van der Waals surface area contributed by atoms with E-state index in [4.69, 9.17) is 0 Å². The van der Waals surface area contributed by atoms with E-state index in [0.717, 1.165) is 45.1 Å². The summed E-state index contributed by atoms with van der Waals surface area (Å²) in [5, 5.41) is 6.71. The fraction of sp³-hybridized carbons (Fsp3) is 0.632. The number of hydrogen-bond donors (Lipinski definition) is 2. The van der Waals surface area contributed by atoms with Crippen LogP contribution >= 0.6 is 0 Å². The molecule has 5 nitrogen and oxygen atoms in total. The van der Waals surface area contributed by atoms with Gasteiger partial charge in [0.2, 0.25) is 0 Å². The minimum Gasteiger partial charge on any atom is -0.369 e. The van der Waals surface area contributed by atoms with Gasteiger partial charge in [0, 0.05) is 51.5 Å². The topological polar surface area (TPSA) is 42.9 Å². The van der Waals surface area contributed by atoms with Gasteiger partial charge < -0.3 is 15.5 Å². The van der Waals surface area contributed by atoms with Crippen LogP contribution in [0, 0.1) is 6.92 Å². The van der Waals surface area contributed by atoms with Crippen molar-refractivity contribution in [1.82, 2.24) is 15.5 Å². The maximum Gasteiger partial charge on any atom is 0.191 e. The van der Waals surface area contributed by atoms with E-state index >= 15 is 0 Å². The fourth-order valence-electron chi connectivity index (χ4n) is 3.37. The second-order valence-electron chi connectivity index (χ2n) is 6.81. The number of nitrogens with zero attached hydrogens (tertiary/aromatic N) is 3. The van der Waals surface area contributed by atoms with Crippen LogP contribution in [0.5, 0.6) is 0 Å². The average Bonchev–Trinajstić information content (AvgIpc) is 2.63. The zero-order valence-corrected chi connectivity index (χ0v) is 14.9. The molecule has 5 heteroatoms. The Morgan fingerprint density at radius 3 is 2.79 bits per heavy atom. The average molecular weight is 329 g/mol. The lowest BCUT2D eigenvalue weighted by molar-refractivity contribution is 0.253. The second-order valence-corrected chi connectivity index (χ2v) is 6.81. The summed E-state index contributed by atoms with van der Waals surface area (Å²) >= 11 is 0. The summed E-state index contributed by atoms with van der Waals surface area (Å²) in [6, 6.07) is 8.86. The molecule has 0 spiro atoms. The molecule has 1 fully saturated rings. The van der Waals surface area contributed by atoms with E-state index in [1.807, 2.05) is 0 Å². The largest absolute Gasteiger partial charge is 0.369 e. The van der Waals surface area contributed by atoms with Gasteiger partial charge in [0.1, 0.15) is 0 Å². The molecule has 2 aliphatic rings. The molecule has 0 saturated carbocycles. The molecule has 132 valence electrons. The Morgan fingerprint density at radius 1 is 1.17 bits per heavy atom. The lowest BCUT2D eigenvalue weighted by Gasteiger charge is -2.36. The zero-order chi connectivity index (χ0) is 16.6. The van der Waals surface area contributed by atoms with Gasteiger partial charge in [-0.15, -0.1) is 0 Å². The van der Waals surface area contributed by atoms with E-state index in [1.54, 1.807) is 0 Å². The first kappa shape index (κ1) is 17.1. The van der Waals surface area contributed by atoms with Crippen LogP contribution in [-0.2, 0) is 0 Å². The van der Waals surface area contributed by atoms with E-state index in [2.05, 4.69) is 56.6 Å². The van der Waals surface area contributed by atoms with Crippen molar-refractivity contribution in [2.75, 3.05) is 57.3 Å². The SMILES string of the molecule is Cc1cccc(N2CCN(CCCCNC3=NCCCN3)CC2)c1. The highest BCUT2D eigenvalue weighted by Crippen LogP contribution is 2.17. The molecule has 0 aliphatic carbocycles. The number of aliphatic imine (C=N–C) groups is 1. The Morgan fingerprint density at radius 2 is 2.04 bits per heavy atom.